The number of carboxylic acids is 1. The summed E-state index contributed by atoms with van der Waals surface area (Å²) in [6.45, 7) is 2.28. The summed E-state index contributed by atoms with van der Waals surface area (Å²) in [6.07, 6.45) is 26.1. The second kappa shape index (κ2) is 24.1. The summed E-state index contributed by atoms with van der Waals surface area (Å²) >= 11 is 0. The van der Waals surface area contributed by atoms with Crippen LogP contribution in [-0.4, -0.2) is 29.9 Å². The van der Waals surface area contributed by atoms with Crippen LogP contribution in [0.4, 0.5) is 0 Å². The van der Waals surface area contributed by atoms with Gasteiger partial charge in [0.15, 0.2) is 0 Å². The van der Waals surface area contributed by atoms with Crippen LogP contribution in [0.2, 0.25) is 0 Å². The number of hydrogen-bond acceptors (Lipinski definition) is 1. The molecule has 0 spiro atoms. The maximum Gasteiger partial charge on any atom is 0.303 e. The van der Waals surface area contributed by atoms with Gasteiger partial charge in [0.25, 0.3) is 0 Å². The average molecular weight is 348 g/mol. The molecule has 0 saturated heterocycles. The van der Waals surface area contributed by atoms with E-state index in [2.05, 4.69) is 6.92 Å². The van der Waals surface area contributed by atoms with E-state index in [9.17, 15) is 4.79 Å². The standard InChI is InChI=1S/C22H44O2.Li/c1-2-3-4-5-6-7-8-9-10-11-12-13-14-15-16-17-18-19-20-21-22(23)24;/h2-21H2,1H3,(H,23,24);. The van der Waals surface area contributed by atoms with Crippen LogP contribution in [0, 0.1) is 0 Å². The van der Waals surface area contributed by atoms with Crippen LogP contribution in [0.3, 0.4) is 0 Å². The van der Waals surface area contributed by atoms with Gasteiger partial charge in [-0.3, -0.25) is 4.79 Å². The Morgan fingerprint density at radius 1 is 0.520 bits per heavy atom. The van der Waals surface area contributed by atoms with Crippen molar-refractivity contribution in [1.29, 1.82) is 0 Å². The molecule has 0 aromatic rings. The second-order valence-electron chi connectivity index (χ2n) is 7.51. The third-order valence-corrected chi connectivity index (χ3v) is 4.99. The molecule has 0 aliphatic heterocycles. The second-order valence-corrected chi connectivity index (χ2v) is 7.51. The Morgan fingerprint density at radius 3 is 1.00 bits per heavy atom. The van der Waals surface area contributed by atoms with Crippen LogP contribution in [-0.2, 0) is 4.79 Å². The van der Waals surface area contributed by atoms with E-state index in [4.69, 9.17) is 5.11 Å². The smallest absolute Gasteiger partial charge is 0.303 e. The fourth-order valence-corrected chi connectivity index (χ4v) is 3.35. The predicted octanol–water partition coefficient (Wildman–Crippen LogP) is 7.51. The van der Waals surface area contributed by atoms with Gasteiger partial charge in [-0.2, -0.15) is 0 Å². The number of hydrogen-bond donors (Lipinski definition) is 1. The van der Waals surface area contributed by atoms with Crippen molar-refractivity contribution in [3.8, 4) is 0 Å². The van der Waals surface area contributed by atoms with Crippen molar-refractivity contribution in [2.45, 2.75) is 135 Å². The molecular weight excluding hydrogens is 303 g/mol. The maximum atomic E-state index is 10.4. The van der Waals surface area contributed by atoms with E-state index < -0.39 is 5.97 Å². The molecule has 0 aliphatic carbocycles. The van der Waals surface area contributed by atoms with Crippen molar-refractivity contribution in [3.05, 3.63) is 0 Å². The van der Waals surface area contributed by atoms with Crippen LogP contribution in [0.25, 0.3) is 0 Å². The average Bonchev–Trinajstić information content (AvgIpc) is 2.56. The van der Waals surface area contributed by atoms with Crippen LogP contribution in [0.15, 0.2) is 0 Å². The fourth-order valence-electron chi connectivity index (χ4n) is 3.35. The number of unbranched alkanes of at least 4 members (excludes halogenated alkanes) is 18. The Labute approximate surface area is 170 Å². The summed E-state index contributed by atoms with van der Waals surface area (Å²) in [5, 5.41) is 8.56. The monoisotopic (exact) mass is 347 g/mol. The minimum Gasteiger partial charge on any atom is -0.481 e. The number of aliphatic carboxylic acids is 1. The molecule has 1 radical (unpaired) electrons. The third kappa shape index (κ3) is 26.4. The quantitative estimate of drug-likeness (QED) is 0.183. The summed E-state index contributed by atoms with van der Waals surface area (Å²) < 4.78 is 0. The number of rotatable bonds is 20. The molecule has 0 bridgehead atoms. The predicted molar refractivity (Wildman–Crippen MR) is 111 cm³/mol. The van der Waals surface area contributed by atoms with E-state index in [1.807, 2.05) is 0 Å². The Bertz CT molecular complexity index is 256. The van der Waals surface area contributed by atoms with Crippen LogP contribution in [0.1, 0.15) is 135 Å². The van der Waals surface area contributed by atoms with Crippen molar-refractivity contribution >= 4 is 24.8 Å². The first-order chi connectivity index (χ1) is 11.8. The molecule has 25 heavy (non-hydrogen) atoms. The Kier molecular flexibility index (Phi) is 26.3. The molecule has 0 fully saturated rings. The van der Waals surface area contributed by atoms with E-state index in [1.165, 1.54) is 109 Å². The molecule has 0 amide bonds. The van der Waals surface area contributed by atoms with Gasteiger partial charge in [-0.1, -0.05) is 122 Å². The first-order valence-electron chi connectivity index (χ1n) is 11.0. The maximum absolute atomic E-state index is 10.4. The minimum atomic E-state index is -0.651. The summed E-state index contributed by atoms with van der Waals surface area (Å²) in [6, 6.07) is 0. The molecule has 0 saturated carbocycles. The molecule has 0 rings (SSSR count). The van der Waals surface area contributed by atoms with Crippen molar-refractivity contribution in [3.63, 3.8) is 0 Å². The van der Waals surface area contributed by atoms with Crippen LogP contribution in [0.5, 0.6) is 0 Å². The van der Waals surface area contributed by atoms with Gasteiger partial charge in [-0.25, -0.2) is 0 Å². The number of carbonyl (C=O) groups is 1. The molecule has 2 nitrogen and oxygen atoms in total. The van der Waals surface area contributed by atoms with E-state index in [0.29, 0.717) is 6.42 Å². The zero-order valence-electron chi connectivity index (χ0n) is 17.5. The van der Waals surface area contributed by atoms with Gasteiger partial charge in [0.1, 0.15) is 0 Å². The normalized spacial score (nSPS) is 10.6. The zero-order chi connectivity index (χ0) is 17.7. The van der Waals surface area contributed by atoms with E-state index in [1.54, 1.807) is 0 Å². The molecule has 1 N–H and O–H groups in total. The molecule has 145 valence electrons. The Morgan fingerprint density at radius 2 is 0.760 bits per heavy atom. The van der Waals surface area contributed by atoms with Crippen LogP contribution >= 0.6 is 0 Å². The van der Waals surface area contributed by atoms with Gasteiger partial charge in [0.2, 0.25) is 0 Å². The Balaban J connectivity index is 0. The fraction of sp³-hybridized carbons (Fsp3) is 0.955. The molecule has 0 aliphatic rings. The van der Waals surface area contributed by atoms with Gasteiger partial charge < -0.3 is 5.11 Å². The van der Waals surface area contributed by atoms with E-state index in [0.717, 1.165) is 12.8 Å². The summed E-state index contributed by atoms with van der Waals surface area (Å²) in [5.41, 5.74) is 0. The number of carboxylic acid groups (broad SMARTS) is 1. The first-order valence-corrected chi connectivity index (χ1v) is 11.0. The van der Waals surface area contributed by atoms with Crippen molar-refractivity contribution in [2.75, 3.05) is 0 Å². The molecule has 0 heterocycles. The SMILES string of the molecule is CCCCCCCCCCCCCCCCCCCCCC(=O)O.[Li]. The minimum absolute atomic E-state index is 0. The van der Waals surface area contributed by atoms with Crippen LogP contribution < -0.4 is 0 Å². The zero-order valence-corrected chi connectivity index (χ0v) is 17.5. The van der Waals surface area contributed by atoms with Gasteiger partial charge in [-0.05, 0) is 6.42 Å². The topological polar surface area (TPSA) is 37.3 Å². The molecule has 0 aromatic carbocycles. The largest absolute Gasteiger partial charge is 0.481 e. The third-order valence-electron chi connectivity index (χ3n) is 4.99. The molecule has 3 heteroatoms. The van der Waals surface area contributed by atoms with E-state index >= 15 is 0 Å². The molecular formula is C22H44LiO2. The Hall–Kier alpha value is 0.0674. The van der Waals surface area contributed by atoms with Gasteiger partial charge in [0, 0.05) is 25.3 Å². The van der Waals surface area contributed by atoms with Gasteiger partial charge in [0.05, 0.1) is 0 Å². The molecule has 0 atom stereocenters. The van der Waals surface area contributed by atoms with Crippen molar-refractivity contribution < 1.29 is 9.90 Å². The van der Waals surface area contributed by atoms with Gasteiger partial charge >= 0.3 is 5.97 Å². The molecule has 0 unspecified atom stereocenters. The van der Waals surface area contributed by atoms with Crippen molar-refractivity contribution in [1.82, 2.24) is 0 Å². The summed E-state index contributed by atoms with van der Waals surface area (Å²) in [7, 11) is 0. The summed E-state index contributed by atoms with van der Waals surface area (Å²) in [5.74, 6) is -0.651. The summed E-state index contributed by atoms with van der Waals surface area (Å²) in [4.78, 5) is 10.4. The van der Waals surface area contributed by atoms with E-state index in [-0.39, 0.29) is 18.9 Å². The molecule has 0 aromatic heterocycles. The van der Waals surface area contributed by atoms with Crippen molar-refractivity contribution in [2.24, 2.45) is 0 Å². The first kappa shape index (κ1) is 27.3. The van der Waals surface area contributed by atoms with Gasteiger partial charge in [-0.15, -0.1) is 0 Å².